The molecule has 6 atom stereocenters. The van der Waals surface area contributed by atoms with Gasteiger partial charge < -0.3 is 39.4 Å². The fraction of sp³-hybridized carbons (Fsp3) is 0.617. The second-order valence-corrected chi connectivity index (χ2v) is 14.1. The first-order valence-corrected chi connectivity index (χ1v) is 21.3. The summed E-state index contributed by atoms with van der Waals surface area (Å²) in [6, 6.07) is 0. The lowest BCUT2D eigenvalue weighted by atomic mass is 9.99. The maximum absolute atomic E-state index is 12.7. The topological polar surface area (TPSA) is 152 Å². The Morgan fingerprint density at radius 1 is 0.561 bits per heavy atom. The Balaban J connectivity index is 2.43. The van der Waals surface area contributed by atoms with Gasteiger partial charge in [-0.15, -0.1) is 0 Å². The van der Waals surface area contributed by atoms with Gasteiger partial charge in [0.1, 0.15) is 31.0 Å². The zero-order chi connectivity index (χ0) is 41.6. The number of hydrogen-bond donors (Lipinski definition) is 4. The molecule has 2 unspecified atom stereocenters. The number of ether oxygens (including phenoxy) is 4. The summed E-state index contributed by atoms with van der Waals surface area (Å²) < 4.78 is 22.0. The van der Waals surface area contributed by atoms with Crippen molar-refractivity contribution in [3.05, 3.63) is 97.2 Å². The molecule has 1 fully saturated rings. The number of hydrogen-bond acceptors (Lipinski definition) is 10. The highest BCUT2D eigenvalue weighted by atomic mass is 16.7. The molecule has 1 heterocycles. The van der Waals surface area contributed by atoms with Crippen LogP contribution in [0.15, 0.2) is 97.2 Å². The van der Waals surface area contributed by atoms with E-state index in [0.717, 1.165) is 83.5 Å². The molecule has 1 aliphatic heterocycles. The smallest absolute Gasteiger partial charge is 0.306 e. The molecule has 0 amide bonds. The minimum atomic E-state index is -1.61. The molecule has 0 aromatic carbocycles. The zero-order valence-electron chi connectivity index (χ0n) is 34.8. The van der Waals surface area contributed by atoms with Gasteiger partial charge in [-0.3, -0.25) is 9.59 Å². The largest absolute Gasteiger partial charge is 0.462 e. The summed E-state index contributed by atoms with van der Waals surface area (Å²) in [5.74, 6) is -0.904. The maximum atomic E-state index is 12.7. The first kappa shape index (κ1) is 51.6. The van der Waals surface area contributed by atoms with Crippen LogP contribution in [0.3, 0.4) is 0 Å². The van der Waals surface area contributed by atoms with Crippen LogP contribution in [-0.2, 0) is 28.5 Å². The lowest BCUT2D eigenvalue weighted by Gasteiger charge is -2.39. The summed E-state index contributed by atoms with van der Waals surface area (Å²) in [4.78, 5) is 25.3. The molecule has 0 radical (unpaired) electrons. The molecule has 322 valence electrons. The lowest BCUT2D eigenvalue weighted by Crippen LogP contribution is -2.59. The SMILES string of the molecule is CC/C=C/C/C=C/C/C=C/C/C=C/CCCCC(=O)OC[C@H](CO[C@@H]1O[C@H](CO)[C@H](O)C(O)C1O)OC(=O)CCCCC/C=C/C/C=C/C/C=C/C/C=C/CCC. The second-order valence-electron chi connectivity index (χ2n) is 14.1. The van der Waals surface area contributed by atoms with Gasteiger partial charge in [0.05, 0.1) is 13.2 Å². The molecule has 0 aliphatic carbocycles. The van der Waals surface area contributed by atoms with Crippen molar-refractivity contribution in [1.29, 1.82) is 0 Å². The van der Waals surface area contributed by atoms with Crippen LogP contribution >= 0.6 is 0 Å². The highest BCUT2D eigenvalue weighted by Crippen LogP contribution is 2.22. The maximum Gasteiger partial charge on any atom is 0.306 e. The quantitative estimate of drug-likeness (QED) is 0.0288. The minimum absolute atomic E-state index is 0.177. The van der Waals surface area contributed by atoms with Crippen molar-refractivity contribution in [2.24, 2.45) is 0 Å². The molecule has 0 aromatic rings. The van der Waals surface area contributed by atoms with Crippen LogP contribution in [0.2, 0.25) is 0 Å². The van der Waals surface area contributed by atoms with E-state index in [4.69, 9.17) is 18.9 Å². The van der Waals surface area contributed by atoms with Gasteiger partial charge in [0.2, 0.25) is 0 Å². The fourth-order valence-electron chi connectivity index (χ4n) is 5.58. The average Bonchev–Trinajstić information content (AvgIpc) is 3.21. The van der Waals surface area contributed by atoms with Crippen molar-refractivity contribution < 1.29 is 49.0 Å². The van der Waals surface area contributed by atoms with Crippen molar-refractivity contribution in [2.45, 2.75) is 166 Å². The third-order valence-electron chi connectivity index (χ3n) is 8.93. The Kier molecular flexibility index (Phi) is 33.5. The summed E-state index contributed by atoms with van der Waals surface area (Å²) >= 11 is 0. The Morgan fingerprint density at radius 2 is 1.04 bits per heavy atom. The molecule has 10 heteroatoms. The van der Waals surface area contributed by atoms with Crippen LogP contribution in [0.4, 0.5) is 0 Å². The standard InChI is InChI=1S/C47H74O10/c1-3-5-7-9-11-13-15-17-19-20-22-24-26-28-30-32-34-36-43(50)56-40(39-55-47-46(53)45(52)44(51)41(37-48)57-47)38-54-42(49)35-33-31-29-27-25-23-21-18-16-14-12-10-8-6-4-2/h6-9,12-15,18-21,24-27,40-41,44-48,51-53H,3-5,10-11,16-17,22-23,28-39H2,1-2H3/b8-6+,9-7+,14-12+,15-13+,20-19+,21-18+,26-24+,27-25+/t40-,41-,44+,45?,46?,47-/m1/s1. The summed E-state index contributed by atoms with van der Waals surface area (Å²) in [7, 11) is 0. The summed E-state index contributed by atoms with van der Waals surface area (Å²) in [6.07, 6.45) is 41.3. The van der Waals surface area contributed by atoms with Gasteiger partial charge in [0.25, 0.3) is 0 Å². The number of unbranched alkanes of at least 4 members (excludes halogenated alkanes) is 6. The Labute approximate surface area is 343 Å². The third-order valence-corrected chi connectivity index (χ3v) is 8.93. The molecule has 1 aliphatic rings. The number of esters is 2. The Bertz CT molecular complexity index is 1240. The van der Waals surface area contributed by atoms with E-state index in [9.17, 15) is 30.0 Å². The second kappa shape index (κ2) is 36.9. The average molecular weight is 799 g/mol. The van der Waals surface area contributed by atoms with Gasteiger partial charge in [-0.2, -0.15) is 0 Å². The molecule has 10 nitrogen and oxygen atoms in total. The molecular weight excluding hydrogens is 725 g/mol. The number of rotatable bonds is 33. The number of aliphatic hydroxyl groups excluding tert-OH is 4. The van der Waals surface area contributed by atoms with Gasteiger partial charge >= 0.3 is 11.9 Å². The molecule has 57 heavy (non-hydrogen) atoms. The van der Waals surface area contributed by atoms with Gasteiger partial charge in [-0.05, 0) is 89.9 Å². The van der Waals surface area contributed by atoms with E-state index in [-0.39, 0.29) is 26.1 Å². The van der Waals surface area contributed by atoms with Crippen LogP contribution < -0.4 is 0 Å². The van der Waals surface area contributed by atoms with Crippen LogP contribution in [0, 0.1) is 0 Å². The van der Waals surface area contributed by atoms with Gasteiger partial charge in [-0.25, -0.2) is 0 Å². The molecule has 0 bridgehead atoms. The van der Waals surface area contributed by atoms with E-state index >= 15 is 0 Å². The van der Waals surface area contributed by atoms with Gasteiger partial charge in [0, 0.05) is 12.8 Å². The lowest BCUT2D eigenvalue weighted by molar-refractivity contribution is -0.305. The highest BCUT2D eigenvalue weighted by Gasteiger charge is 2.44. The number of carbonyl (C=O) groups is 2. The van der Waals surface area contributed by atoms with Crippen molar-refractivity contribution >= 4 is 11.9 Å². The van der Waals surface area contributed by atoms with E-state index in [2.05, 4.69) is 111 Å². The molecule has 4 N–H and O–H groups in total. The molecule has 0 spiro atoms. The number of allylic oxidation sites excluding steroid dienone is 16. The first-order chi connectivity index (χ1) is 27.8. The highest BCUT2D eigenvalue weighted by molar-refractivity contribution is 5.70. The number of carbonyl (C=O) groups excluding carboxylic acids is 2. The molecule has 0 aromatic heterocycles. The van der Waals surface area contributed by atoms with Crippen molar-refractivity contribution in [3.8, 4) is 0 Å². The third kappa shape index (κ3) is 28.6. The Morgan fingerprint density at radius 3 is 1.56 bits per heavy atom. The monoisotopic (exact) mass is 799 g/mol. The zero-order valence-corrected chi connectivity index (χ0v) is 34.8. The predicted molar refractivity (Wildman–Crippen MR) is 228 cm³/mol. The Hall–Kier alpha value is -3.38. The van der Waals surface area contributed by atoms with Crippen molar-refractivity contribution in [3.63, 3.8) is 0 Å². The van der Waals surface area contributed by atoms with E-state index < -0.39 is 55.4 Å². The van der Waals surface area contributed by atoms with Crippen LogP contribution in [0.1, 0.15) is 129 Å². The predicted octanol–water partition coefficient (Wildman–Crippen LogP) is 8.77. The van der Waals surface area contributed by atoms with Crippen molar-refractivity contribution in [2.75, 3.05) is 19.8 Å². The summed E-state index contributed by atoms with van der Waals surface area (Å²) in [5, 5.41) is 40.0. The van der Waals surface area contributed by atoms with E-state index in [0.29, 0.717) is 12.8 Å². The van der Waals surface area contributed by atoms with Crippen LogP contribution in [-0.4, -0.2) is 89.0 Å². The molecule has 0 saturated carbocycles. The molecule has 1 saturated heterocycles. The normalized spacial score (nSPS) is 21.3. The molecule has 1 rings (SSSR count). The fourth-order valence-corrected chi connectivity index (χ4v) is 5.58. The molecular formula is C47H74O10. The van der Waals surface area contributed by atoms with Crippen molar-refractivity contribution in [1.82, 2.24) is 0 Å². The van der Waals surface area contributed by atoms with E-state index in [1.165, 1.54) is 6.42 Å². The minimum Gasteiger partial charge on any atom is -0.462 e. The first-order valence-electron chi connectivity index (χ1n) is 21.3. The number of aliphatic hydroxyl groups is 4. The van der Waals surface area contributed by atoms with Gasteiger partial charge in [-0.1, -0.05) is 124 Å². The van der Waals surface area contributed by atoms with E-state index in [1.807, 2.05) is 0 Å². The van der Waals surface area contributed by atoms with E-state index in [1.54, 1.807) is 0 Å². The summed E-state index contributed by atoms with van der Waals surface area (Å²) in [6.45, 7) is 3.13. The van der Waals surface area contributed by atoms with Crippen LogP contribution in [0.25, 0.3) is 0 Å². The van der Waals surface area contributed by atoms with Crippen LogP contribution in [0.5, 0.6) is 0 Å². The summed E-state index contributed by atoms with van der Waals surface area (Å²) in [5.41, 5.74) is 0. The van der Waals surface area contributed by atoms with Gasteiger partial charge in [0.15, 0.2) is 12.4 Å².